The van der Waals surface area contributed by atoms with Crippen LogP contribution in [0.2, 0.25) is 0 Å². The Morgan fingerprint density at radius 1 is 1.31 bits per heavy atom. The fourth-order valence-corrected chi connectivity index (χ4v) is 3.94. The summed E-state index contributed by atoms with van der Waals surface area (Å²) in [7, 11) is 0. The zero-order valence-corrected chi connectivity index (χ0v) is 16.7. The van der Waals surface area contributed by atoms with Crippen molar-refractivity contribution in [3.63, 3.8) is 0 Å². The first kappa shape index (κ1) is 19.4. The number of hydrogen-bond acceptors (Lipinski definition) is 5. The van der Waals surface area contributed by atoms with E-state index in [2.05, 4.69) is 15.2 Å². The van der Waals surface area contributed by atoms with Crippen LogP contribution in [0.15, 0.2) is 29.3 Å². The smallest absolute Gasteiger partial charge is 0.276 e. The molecule has 29 heavy (non-hydrogen) atoms. The van der Waals surface area contributed by atoms with E-state index in [1.807, 2.05) is 18.7 Å². The van der Waals surface area contributed by atoms with Gasteiger partial charge in [0.05, 0.1) is 12.3 Å². The summed E-state index contributed by atoms with van der Waals surface area (Å²) in [4.78, 5) is 26.9. The van der Waals surface area contributed by atoms with Gasteiger partial charge >= 0.3 is 0 Å². The van der Waals surface area contributed by atoms with Gasteiger partial charge in [-0.1, -0.05) is 0 Å². The third-order valence-corrected chi connectivity index (χ3v) is 5.74. The van der Waals surface area contributed by atoms with Crippen LogP contribution < -0.4 is 5.56 Å². The summed E-state index contributed by atoms with van der Waals surface area (Å²) in [5, 5.41) is 8.49. The first-order valence-electron chi connectivity index (χ1n) is 9.97. The van der Waals surface area contributed by atoms with Gasteiger partial charge in [0.1, 0.15) is 5.52 Å². The van der Waals surface area contributed by atoms with Crippen molar-refractivity contribution in [3.8, 4) is 5.95 Å². The first-order valence-corrected chi connectivity index (χ1v) is 9.97. The molecule has 1 N–H and O–H groups in total. The normalized spacial score (nSPS) is 21.4. The maximum atomic E-state index is 11.8. The Kier molecular flexibility index (Phi) is 5.48. The minimum absolute atomic E-state index is 0.174. The van der Waals surface area contributed by atoms with Gasteiger partial charge < -0.3 is 9.64 Å². The van der Waals surface area contributed by atoms with Crippen molar-refractivity contribution in [1.82, 2.24) is 29.3 Å². The molecule has 0 bridgehead atoms. The average molecular weight is 398 g/mol. The van der Waals surface area contributed by atoms with Crippen LogP contribution in [0, 0.1) is 19.8 Å². The highest BCUT2D eigenvalue weighted by Gasteiger charge is 2.31. The number of likely N-dealkylation sites (tertiary alicyclic amines) is 1. The lowest BCUT2D eigenvalue weighted by molar-refractivity contribution is -0.125. The molecule has 3 aromatic heterocycles. The molecule has 9 nitrogen and oxygen atoms in total. The van der Waals surface area contributed by atoms with Crippen LogP contribution in [0.4, 0.5) is 0 Å². The monoisotopic (exact) mass is 398 g/mol. The minimum atomic E-state index is -0.174. The van der Waals surface area contributed by atoms with E-state index in [-0.39, 0.29) is 5.56 Å². The number of amides is 1. The van der Waals surface area contributed by atoms with E-state index in [1.165, 1.54) is 6.42 Å². The van der Waals surface area contributed by atoms with E-state index in [9.17, 15) is 9.59 Å². The van der Waals surface area contributed by atoms with E-state index in [0.717, 1.165) is 50.2 Å². The summed E-state index contributed by atoms with van der Waals surface area (Å²) < 4.78 is 8.80. The van der Waals surface area contributed by atoms with Crippen LogP contribution in [0.25, 0.3) is 11.5 Å². The van der Waals surface area contributed by atoms with Gasteiger partial charge in [0, 0.05) is 37.5 Å². The van der Waals surface area contributed by atoms with Crippen molar-refractivity contribution in [2.24, 2.45) is 5.92 Å². The van der Waals surface area contributed by atoms with E-state index in [0.29, 0.717) is 23.5 Å². The summed E-state index contributed by atoms with van der Waals surface area (Å²) in [6.45, 7) is 6.61. The predicted octanol–water partition coefficient (Wildman–Crippen LogP) is 1.47. The topological polar surface area (TPSA) is 97.5 Å². The highest BCUT2D eigenvalue weighted by atomic mass is 16.5. The molecule has 3 aromatic rings. The minimum Gasteiger partial charge on any atom is -0.378 e. The zero-order valence-electron chi connectivity index (χ0n) is 16.7. The molecule has 2 fully saturated rings. The van der Waals surface area contributed by atoms with E-state index in [4.69, 9.17) is 4.74 Å². The number of carbonyl (C=O) groups excluding carboxylic acids is 1. The highest BCUT2D eigenvalue weighted by molar-refractivity contribution is 5.47. The lowest BCUT2D eigenvalue weighted by Crippen LogP contribution is -2.45. The number of ether oxygens (including phenoxy) is 1. The molecule has 0 saturated carbocycles. The fourth-order valence-electron chi connectivity index (χ4n) is 3.94. The predicted molar refractivity (Wildman–Crippen MR) is 107 cm³/mol. The molecule has 0 spiro atoms. The van der Waals surface area contributed by atoms with Crippen LogP contribution in [-0.2, 0) is 9.53 Å². The van der Waals surface area contributed by atoms with Gasteiger partial charge in [0.15, 0.2) is 0 Å². The van der Waals surface area contributed by atoms with Gasteiger partial charge in [-0.05, 0) is 50.8 Å². The molecular formula is C20H26N6O3. The molecule has 2 aliphatic rings. The number of rotatable bonds is 2. The Bertz CT molecular complexity index is 1050. The van der Waals surface area contributed by atoms with Crippen molar-refractivity contribution in [2.75, 3.05) is 19.7 Å². The number of carbonyl (C=O) groups is 1. The maximum Gasteiger partial charge on any atom is 0.276 e. The van der Waals surface area contributed by atoms with Crippen LogP contribution >= 0.6 is 0 Å². The van der Waals surface area contributed by atoms with Crippen molar-refractivity contribution < 1.29 is 9.53 Å². The maximum absolute atomic E-state index is 11.8. The molecule has 2 atom stereocenters. The standard InChI is InChI=1S/C11H11N5O.C9H15NO2/c1-7-6-12-16(8(7)2)11-13-10(17)9-4-3-5-15(9)14-11;11-7-10-4-3-9-8(6-10)2-1-5-12-9/h3-6H,1-2H3,(H,13,14,17);7-9H,1-6H2. The molecule has 2 unspecified atom stereocenters. The molecule has 0 radical (unpaired) electrons. The molecular weight excluding hydrogens is 372 g/mol. The zero-order chi connectivity index (χ0) is 20.4. The third kappa shape index (κ3) is 3.95. The van der Waals surface area contributed by atoms with Crippen molar-refractivity contribution in [1.29, 1.82) is 0 Å². The summed E-state index contributed by atoms with van der Waals surface area (Å²) in [5.74, 6) is 1.03. The second kappa shape index (κ2) is 8.20. The average Bonchev–Trinajstić information content (AvgIpc) is 3.35. The van der Waals surface area contributed by atoms with E-state index in [1.54, 1.807) is 33.7 Å². The molecule has 2 saturated heterocycles. The number of aromatic nitrogens is 5. The fraction of sp³-hybridized carbons (Fsp3) is 0.500. The highest BCUT2D eigenvalue weighted by Crippen LogP contribution is 2.27. The summed E-state index contributed by atoms with van der Waals surface area (Å²) >= 11 is 0. The molecule has 5 heterocycles. The molecule has 5 rings (SSSR count). The summed E-state index contributed by atoms with van der Waals surface area (Å²) in [6, 6.07) is 3.50. The Morgan fingerprint density at radius 2 is 2.17 bits per heavy atom. The lowest BCUT2D eigenvalue weighted by Gasteiger charge is -2.39. The molecule has 0 aliphatic carbocycles. The number of fused-ring (bicyclic) bond motifs is 2. The van der Waals surface area contributed by atoms with Crippen molar-refractivity contribution in [2.45, 2.75) is 39.2 Å². The van der Waals surface area contributed by atoms with Crippen LogP contribution in [0.1, 0.15) is 30.5 Å². The van der Waals surface area contributed by atoms with Crippen LogP contribution in [0.3, 0.4) is 0 Å². The number of aryl methyl sites for hydroxylation is 1. The number of nitrogens with zero attached hydrogens (tertiary/aromatic N) is 5. The van der Waals surface area contributed by atoms with Gasteiger partial charge in [0.2, 0.25) is 12.4 Å². The molecule has 0 aromatic carbocycles. The summed E-state index contributed by atoms with van der Waals surface area (Å²) in [5.41, 5.74) is 2.36. The molecule has 2 aliphatic heterocycles. The quantitative estimate of drug-likeness (QED) is 0.659. The number of piperidine rings is 1. The van der Waals surface area contributed by atoms with Crippen LogP contribution in [0.5, 0.6) is 0 Å². The second-order valence-electron chi connectivity index (χ2n) is 7.64. The number of nitrogens with one attached hydrogen (secondary N) is 1. The number of H-pyrrole nitrogens is 1. The largest absolute Gasteiger partial charge is 0.378 e. The van der Waals surface area contributed by atoms with Crippen molar-refractivity contribution in [3.05, 3.63) is 46.1 Å². The second-order valence-corrected chi connectivity index (χ2v) is 7.64. The van der Waals surface area contributed by atoms with Gasteiger partial charge in [-0.15, -0.1) is 5.10 Å². The Labute approximate surface area is 168 Å². The van der Waals surface area contributed by atoms with Gasteiger partial charge in [-0.25, -0.2) is 9.20 Å². The van der Waals surface area contributed by atoms with Crippen molar-refractivity contribution >= 4 is 11.9 Å². The Morgan fingerprint density at radius 3 is 2.93 bits per heavy atom. The van der Waals surface area contributed by atoms with Crippen LogP contribution in [-0.4, -0.2) is 61.5 Å². The van der Waals surface area contributed by atoms with Gasteiger partial charge in [0.25, 0.3) is 5.56 Å². The van der Waals surface area contributed by atoms with E-state index < -0.39 is 0 Å². The van der Waals surface area contributed by atoms with Gasteiger partial charge in [-0.2, -0.15) is 5.10 Å². The Hall–Kier alpha value is -2.94. The third-order valence-electron chi connectivity index (χ3n) is 5.74. The van der Waals surface area contributed by atoms with Gasteiger partial charge in [-0.3, -0.25) is 14.6 Å². The number of aromatic amines is 1. The SMILES string of the molecule is Cc1cnn(-c2nn3cccc3c(=O)[nH]2)c1C.O=CN1CCC2OCCCC2C1. The Balaban J connectivity index is 0.000000150. The number of hydrogen-bond donors (Lipinski definition) is 1. The van der Waals surface area contributed by atoms with E-state index >= 15 is 0 Å². The molecule has 1 amide bonds. The summed E-state index contributed by atoms with van der Waals surface area (Å²) in [6.07, 6.45) is 8.31. The molecule has 9 heteroatoms. The molecule has 154 valence electrons. The lowest BCUT2D eigenvalue weighted by atomic mass is 9.89. The first-order chi connectivity index (χ1) is 14.1.